The van der Waals surface area contributed by atoms with Crippen LogP contribution < -0.4 is 10.5 Å². The van der Waals surface area contributed by atoms with Gasteiger partial charge in [-0.25, -0.2) is 0 Å². The largest absolute Gasteiger partial charge is 0.491 e. The highest BCUT2D eigenvalue weighted by Crippen LogP contribution is 2.18. The van der Waals surface area contributed by atoms with Crippen molar-refractivity contribution in [3.8, 4) is 5.75 Å². The van der Waals surface area contributed by atoms with Gasteiger partial charge in [0, 0.05) is 18.1 Å². The summed E-state index contributed by atoms with van der Waals surface area (Å²) in [5.41, 5.74) is 5.18. The van der Waals surface area contributed by atoms with E-state index in [-0.39, 0.29) is 18.6 Å². The molecule has 0 bridgehead atoms. The molecule has 0 aromatic heterocycles. The summed E-state index contributed by atoms with van der Waals surface area (Å²) in [6.45, 7) is 2.63. The van der Waals surface area contributed by atoms with E-state index in [0.717, 1.165) is 6.54 Å². The van der Waals surface area contributed by atoms with Crippen LogP contribution in [0.15, 0.2) is 24.3 Å². The van der Waals surface area contributed by atoms with Crippen molar-refractivity contribution in [2.24, 2.45) is 5.73 Å². The standard InChI is InChI=1S/C13H17ClN2O3/c14-10-2-1-3-11(6-10)19-9-12-7-16(4-5-18-12)8-13(15)17/h1-3,6,12H,4-5,7-9H2,(H2,15,17). The maximum absolute atomic E-state index is 10.9. The van der Waals surface area contributed by atoms with E-state index in [9.17, 15) is 4.79 Å². The molecule has 1 aromatic carbocycles. The van der Waals surface area contributed by atoms with Gasteiger partial charge in [-0.15, -0.1) is 0 Å². The van der Waals surface area contributed by atoms with Gasteiger partial charge in [0.1, 0.15) is 18.5 Å². The van der Waals surface area contributed by atoms with Gasteiger partial charge in [0.2, 0.25) is 5.91 Å². The van der Waals surface area contributed by atoms with Gasteiger partial charge < -0.3 is 15.2 Å². The summed E-state index contributed by atoms with van der Waals surface area (Å²) >= 11 is 5.88. The van der Waals surface area contributed by atoms with Gasteiger partial charge in [-0.05, 0) is 18.2 Å². The van der Waals surface area contributed by atoms with Crippen molar-refractivity contribution in [2.75, 3.05) is 32.8 Å². The highest BCUT2D eigenvalue weighted by molar-refractivity contribution is 6.30. The van der Waals surface area contributed by atoms with Gasteiger partial charge in [-0.3, -0.25) is 9.69 Å². The molecule has 1 aliphatic heterocycles. The second kappa shape index (κ2) is 6.75. The highest BCUT2D eigenvalue weighted by atomic mass is 35.5. The molecule has 6 heteroatoms. The molecule has 1 aliphatic rings. The molecule has 5 nitrogen and oxygen atoms in total. The molecule has 1 unspecified atom stereocenters. The number of amides is 1. The fourth-order valence-corrected chi connectivity index (χ4v) is 2.17. The Morgan fingerprint density at radius 2 is 2.42 bits per heavy atom. The SMILES string of the molecule is NC(=O)CN1CCOC(COc2cccc(Cl)c2)C1. The Bertz CT molecular complexity index is 442. The van der Waals surface area contributed by atoms with E-state index in [1.807, 2.05) is 17.0 Å². The lowest BCUT2D eigenvalue weighted by Crippen LogP contribution is -2.47. The Morgan fingerprint density at radius 3 is 3.16 bits per heavy atom. The predicted molar refractivity (Wildman–Crippen MR) is 72.3 cm³/mol. The van der Waals surface area contributed by atoms with Gasteiger partial charge in [-0.2, -0.15) is 0 Å². The minimum Gasteiger partial charge on any atom is -0.491 e. The van der Waals surface area contributed by atoms with E-state index >= 15 is 0 Å². The number of rotatable bonds is 5. The average molecular weight is 285 g/mol. The topological polar surface area (TPSA) is 64.8 Å². The van der Waals surface area contributed by atoms with Crippen LogP contribution in [0.2, 0.25) is 5.02 Å². The van der Waals surface area contributed by atoms with E-state index in [0.29, 0.717) is 30.5 Å². The number of morpholine rings is 1. The lowest BCUT2D eigenvalue weighted by molar-refractivity contribution is -0.121. The Morgan fingerprint density at radius 1 is 1.58 bits per heavy atom. The Kier molecular flexibility index (Phi) is 5.01. The van der Waals surface area contributed by atoms with Crippen molar-refractivity contribution in [3.05, 3.63) is 29.3 Å². The molecular weight excluding hydrogens is 268 g/mol. The van der Waals surface area contributed by atoms with Crippen LogP contribution >= 0.6 is 11.6 Å². The summed E-state index contributed by atoms with van der Waals surface area (Å²) in [7, 11) is 0. The van der Waals surface area contributed by atoms with Gasteiger partial charge in [0.05, 0.1) is 13.2 Å². The number of carbonyl (C=O) groups excluding carboxylic acids is 1. The average Bonchev–Trinajstić information content (AvgIpc) is 2.36. The normalized spacial score (nSPS) is 20.2. The molecule has 0 spiro atoms. The molecule has 104 valence electrons. The van der Waals surface area contributed by atoms with Gasteiger partial charge >= 0.3 is 0 Å². The molecule has 2 rings (SSSR count). The van der Waals surface area contributed by atoms with E-state index in [2.05, 4.69) is 0 Å². The van der Waals surface area contributed by atoms with Crippen LogP contribution in [0.4, 0.5) is 0 Å². The third kappa shape index (κ3) is 4.70. The molecule has 1 atom stereocenters. The number of hydrogen-bond donors (Lipinski definition) is 1. The number of halogens is 1. The van der Waals surface area contributed by atoms with Gasteiger partial charge in [-0.1, -0.05) is 17.7 Å². The zero-order chi connectivity index (χ0) is 13.7. The van der Waals surface area contributed by atoms with Crippen molar-refractivity contribution < 1.29 is 14.3 Å². The van der Waals surface area contributed by atoms with Crippen molar-refractivity contribution in [3.63, 3.8) is 0 Å². The zero-order valence-electron chi connectivity index (χ0n) is 10.5. The van der Waals surface area contributed by atoms with Crippen LogP contribution in [0.3, 0.4) is 0 Å². The third-order valence-corrected chi connectivity index (χ3v) is 3.07. The first-order valence-electron chi connectivity index (χ1n) is 6.14. The number of benzene rings is 1. The minimum atomic E-state index is -0.323. The number of hydrogen-bond acceptors (Lipinski definition) is 4. The maximum Gasteiger partial charge on any atom is 0.231 e. The van der Waals surface area contributed by atoms with Crippen LogP contribution in [0, 0.1) is 0 Å². The number of primary amides is 1. The fourth-order valence-electron chi connectivity index (χ4n) is 1.99. The lowest BCUT2D eigenvalue weighted by atomic mass is 10.3. The Labute approximate surface area is 117 Å². The molecule has 2 N–H and O–H groups in total. The molecule has 1 fully saturated rings. The second-order valence-electron chi connectivity index (χ2n) is 4.46. The number of nitrogens with two attached hydrogens (primary N) is 1. The van der Waals surface area contributed by atoms with Crippen molar-refractivity contribution in [2.45, 2.75) is 6.10 Å². The van der Waals surface area contributed by atoms with Crippen LogP contribution in [0.25, 0.3) is 0 Å². The molecule has 0 radical (unpaired) electrons. The smallest absolute Gasteiger partial charge is 0.231 e. The number of carbonyl (C=O) groups is 1. The van der Waals surface area contributed by atoms with Crippen molar-refractivity contribution in [1.29, 1.82) is 0 Å². The van der Waals surface area contributed by atoms with Crippen LogP contribution in [0.5, 0.6) is 5.75 Å². The molecule has 19 heavy (non-hydrogen) atoms. The van der Waals surface area contributed by atoms with Gasteiger partial charge in [0.15, 0.2) is 0 Å². The number of ether oxygens (including phenoxy) is 2. The van der Waals surface area contributed by atoms with E-state index < -0.39 is 0 Å². The first-order chi connectivity index (χ1) is 9.13. The van der Waals surface area contributed by atoms with Crippen LogP contribution in [-0.2, 0) is 9.53 Å². The maximum atomic E-state index is 10.9. The first kappa shape index (κ1) is 14.1. The monoisotopic (exact) mass is 284 g/mol. The summed E-state index contributed by atoms with van der Waals surface area (Å²) in [6, 6.07) is 7.22. The molecule has 1 amide bonds. The van der Waals surface area contributed by atoms with Gasteiger partial charge in [0.25, 0.3) is 0 Å². The molecule has 1 aromatic rings. The highest BCUT2D eigenvalue weighted by Gasteiger charge is 2.21. The molecule has 1 saturated heterocycles. The lowest BCUT2D eigenvalue weighted by Gasteiger charge is -2.31. The molecule has 0 saturated carbocycles. The Hall–Kier alpha value is -1.30. The summed E-state index contributed by atoms with van der Waals surface area (Å²) in [5, 5.41) is 0.636. The quantitative estimate of drug-likeness (QED) is 0.873. The van der Waals surface area contributed by atoms with E-state index in [1.165, 1.54) is 0 Å². The summed E-state index contributed by atoms with van der Waals surface area (Å²) < 4.78 is 11.2. The molecule has 1 heterocycles. The summed E-state index contributed by atoms with van der Waals surface area (Å²) in [4.78, 5) is 12.9. The second-order valence-corrected chi connectivity index (χ2v) is 4.90. The van der Waals surface area contributed by atoms with Crippen molar-refractivity contribution >= 4 is 17.5 Å². The molecular formula is C13H17ClN2O3. The number of nitrogens with zero attached hydrogens (tertiary/aromatic N) is 1. The Balaban J connectivity index is 1.81. The summed E-state index contributed by atoms with van der Waals surface area (Å²) in [6.07, 6.45) is -0.0629. The third-order valence-electron chi connectivity index (χ3n) is 2.83. The zero-order valence-corrected chi connectivity index (χ0v) is 11.3. The van der Waals surface area contributed by atoms with E-state index in [1.54, 1.807) is 12.1 Å². The summed E-state index contributed by atoms with van der Waals surface area (Å²) in [5.74, 6) is 0.388. The molecule has 0 aliphatic carbocycles. The van der Waals surface area contributed by atoms with Crippen LogP contribution in [0.1, 0.15) is 0 Å². The predicted octanol–water partition coefficient (Wildman–Crippen LogP) is 0.905. The fraction of sp³-hybridized carbons (Fsp3) is 0.462. The minimum absolute atomic E-state index is 0.0629. The van der Waals surface area contributed by atoms with Crippen LogP contribution in [-0.4, -0.2) is 49.8 Å². The first-order valence-corrected chi connectivity index (χ1v) is 6.52. The van der Waals surface area contributed by atoms with E-state index in [4.69, 9.17) is 26.8 Å². The van der Waals surface area contributed by atoms with Crippen molar-refractivity contribution in [1.82, 2.24) is 4.90 Å².